The molecule has 0 N–H and O–H groups in total. The molecule has 0 saturated heterocycles. The van der Waals surface area contributed by atoms with Gasteiger partial charge in [0.15, 0.2) is 0 Å². The molecule has 0 atom stereocenters. The third-order valence-electron chi connectivity index (χ3n) is 3.57. The number of para-hydroxylation sites is 1. The summed E-state index contributed by atoms with van der Waals surface area (Å²) in [6.07, 6.45) is 2.48. The number of benzene rings is 1. The summed E-state index contributed by atoms with van der Waals surface area (Å²) in [6, 6.07) is 11.1. The van der Waals surface area contributed by atoms with Gasteiger partial charge in [-0.15, -0.1) is 0 Å². The largest absolute Gasteiger partial charge is 0.363 e. The summed E-state index contributed by atoms with van der Waals surface area (Å²) in [7, 11) is 0. The quantitative estimate of drug-likeness (QED) is 0.834. The predicted octanol–water partition coefficient (Wildman–Crippen LogP) is 4.10. The number of anilines is 1. The first-order chi connectivity index (χ1) is 9.29. The second-order valence-electron chi connectivity index (χ2n) is 5.07. The predicted molar refractivity (Wildman–Crippen MR) is 79.4 cm³/mol. The van der Waals surface area contributed by atoms with Gasteiger partial charge in [-0.25, -0.2) is 0 Å². The molecule has 0 spiro atoms. The van der Waals surface area contributed by atoms with Crippen molar-refractivity contribution in [3.63, 3.8) is 0 Å². The molecule has 1 heterocycles. The van der Waals surface area contributed by atoms with E-state index < -0.39 is 0 Å². The number of rotatable bonds is 4. The van der Waals surface area contributed by atoms with Gasteiger partial charge in [0.25, 0.3) is 0 Å². The summed E-state index contributed by atoms with van der Waals surface area (Å²) in [5.74, 6) is 0. The van der Waals surface area contributed by atoms with Crippen molar-refractivity contribution in [3.8, 4) is 6.07 Å². The highest BCUT2D eigenvalue weighted by Crippen LogP contribution is 2.36. The lowest BCUT2D eigenvalue weighted by molar-refractivity contribution is 0.791. The van der Waals surface area contributed by atoms with Crippen LogP contribution in [0.15, 0.2) is 35.0 Å². The van der Waals surface area contributed by atoms with Gasteiger partial charge in [0.05, 0.1) is 11.3 Å². The maximum atomic E-state index is 9.35. The number of hydrogen-bond acceptors (Lipinski definition) is 3. The van der Waals surface area contributed by atoms with Crippen LogP contribution in [0.1, 0.15) is 29.5 Å². The van der Waals surface area contributed by atoms with Gasteiger partial charge in [-0.05, 0) is 53.8 Å². The molecule has 3 heteroatoms. The smallest absolute Gasteiger partial charge is 0.101 e. The van der Waals surface area contributed by atoms with Gasteiger partial charge in [0.2, 0.25) is 0 Å². The summed E-state index contributed by atoms with van der Waals surface area (Å²) in [6.45, 7) is 3.01. The molecule has 1 aliphatic rings. The Morgan fingerprint density at radius 2 is 2.21 bits per heavy atom. The van der Waals surface area contributed by atoms with E-state index in [1.165, 1.54) is 24.0 Å². The van der Waals surface area contributed by atoms with Crippen molar-refractivity contribution in [2.75, 3.05) is 4.90 Å². The van der Waals surface area contributed by atoms with Gasteiger partial charge in [0, 0.05) is 12.6 Å². The van der Waals surface area contributed by atoms with Crippen LogP contribution >= 0.6 is 11.3 Å². The van der Waals surface area contributed by atoms with E-state index in [1.807, 2.05) is 12.1 Å². The van der Waals surface area contributed by atoms with E-state index in [2.05, 4.69) is 40.8 Å². The number of thiophene rings is 1. The van der Waals surface area contributed by atoms with E-state index in [4.69, 9.17) is 0 Å². The highest BCUT2D eigenvalue weighted by atomic mass is 32.1. The number of nitrogens with zero attached hydrogens (tertiary/aromatic N) is 2. The highest BCUT2D eigenvalue weighted by Gasteiger charge is 2.31. The summed E-state index contributed by atoms with van der Waals surface area (Å²) in [5, 5.41) is 13.7. The molecule has 2 aromatic rings. The second kappa shape index (κ2) is 5.07. The first-order valence-electron chi connectivity index (χ1n) is 6.57. The summed E-state index contributed by atoms with van der Waals surface area (Å²) >= 11 is 1.73. The Morgan fingerprint density at radius 1 is 1.37 bits per heavy atom. The van der Waals surface area contributed by atoms with E-state index in [1.54, 1.807) is 11.3 Å². The standard InChI is InChI=1S/C16H16N2S/c1-12-3-2-4-14(9-17)16(12)18(15-5-6-15)10-13-7-8-19-11-13/h2-4,7-8,11,15H,5-6,10H2,1H3. The molecular formula is C16H16N2S. The molecule has 0 unspecified atom stereocenters. The van der Waals surface area contributed by atoms with Crippen LogP contribution in [0.4, 0.5) is 5.69 Å². The fourth-order valence-corrected chi connectivity index (χ4v) is 3.15. The van der Waals surface area contributed by atoms with E-state index in [0.717, 1.165) is 17.8 Å². The molecule has 96 valence electrons. The zero-order valence-corrected chi connectivity index (χ0v) is 11.8. The molecule has 1 aromatic carbocycles. The molecular weight excluding hydrogens is 252 g/mol. The number of aryl methyl sites for hydroxylation is 1. The van der Waals surface area contributed by atoms with Crippen molar-refractivity contribution in [1.29, 1.82) is 5.26 Å². The summed E-state index contributed by atoms with van der Waals surface area (Å²) in [5.41, 5.74) is 4.45. The minimum Gasteiger partial charge on any atom is -0.363 e. The maximum Gasteiger partial charge on any atom is 0.101 e. The lowest BCUT2D eigenvalue weighted by atomic mass is 10.1. The molecule has 2 nitrogen and oxygen atoms in total. The van der Waals surface area contributed by atoms with Crippen LogP contribution in [0.25, 0.3) is 0 Å². The zero-order valence-electron chi connectivity index (χ0n) is 11.0. The molecule has 0 aliphatic heterocycles. The number of hydrogen-bond donors (Lipinski definition) is 0. The first-order valence-corrected chi connectivity index (χ1v) is 7.51. The van der Waals surface area contributed by atoms with E-state index >= 15 is 0 Å². The van der Waals surface area contributed by atoms with Crippen LogP contribution in [-0.4, -0.2) is 6.04 Å². The maximum absolute atomic E-state index is 9.35. The third kappa shape index (κ3) is 2.50. The van der Waals surface area contributed by atoms with Gasteiger partial charge in [0.1, 0.15) is 6.07 Å². The molecule has 19 heavy (non-hydrogen) atoms. The Bertz CT molecular complexity index is 606. The van der Waals surface area contributed by atoms with Gasteiger partial charge in [-0.2, -0.15) is 16.6 Å². The molecule has 0 bridgehead atoms. The SMILES string of the molecule is Cc1cccc(C#N)c1N(Cc1ccsc1)C1CC1. The van der Waals surface area contributed by atoms with Crippen molar-refractivity contribution in [2.24, 2.45) is 0 Å². The van der Waals surface area contributed by atoms with E-state index in [-0.39, 0.29) is 0 Å². The average Bonchev–Trinajstić information content (AvgIpc) is 3.14. The Kier molecular flexibility index (Phi) is 3.27. The van der Waals surface area contributed by atoms with Gasteiger partial charge in [-0.3, -0.25) is 0 Å². The van der Waals surface area contributed by atoms with Crippen molar-refractivity contribution in [1.82, 2.24) is 0 Å². The Balaban J connectivity index is 1.99. The van der Waals surface area contributed by atoms with Crippen molar-refractivity contribution in [3.05, 3.63) is 51.7 Å². The minimum atomic E-state index is 0.605. The Labute approximate surface area is 117 Å². The molecule has 1 aliphatic carbocycles. The monoisotopic (exact) mass is 268 g/mol. The Hall–Kier alpha value is -1.79. The zero-order chi connectivity index (χ0) is 13.2. The van der Waals surface area contributed by atoms with Gasteiger partial charge in [-0.1, -0.05) is 12.1 Å². The van der Waals surface area contributed by atoms with Crippen LogP contribution in [0, 0.1) is 18.3 Å². The lowest BCUT2D eigenvalue weighted by Crippen LogP contribution is -2.26. The fraction of sp³-hybridized carbons (Fsp3) is 0.312. The van der Waals surface area contributed by atoms with Crippen molar-refractivity contribution in [2.45, 2.75) is 32.4 Å². The van der Waals surface area contributed by atoms with E-state index in [0.29, 0.717) is 6.04 Å². The van der Waals surface area contributed by atoms with Crippen LogP contribution in [0.2, 0.25) is 0 Å². The first kappa shape index (κ1) is 12.3. The fourth-order valence-electron chi connectivity index (χ4n) is 2.49. The van der Waals surface area contributed by atoms with Gasteiger partial charge < -0.3 is 4.90 Å². The Morgan fingerprint density at radius 3 is 2.84 bits per heavy atom. The van der Waals surface area contributed by atoms with Crippen molar-refractivity contribution < 1.29 is 0 Å². The third-order valence-corrected chi connectivity index (χ3v) is 4.30. The van der Waals surface area contributed by atoms with Gasteiger partial charge >= 0.3 is 0 Å². The van der Waals surface area contributed by atoms with Crippen LogP contribution < -0.4 is 4.90 Å². The number of nitriles is 1. The average molecular weight is 268 g/mol. The van der Waals surface area contributed by atoms with Crippen LogP contribution in [0.3, 0.4) is 0 Å². The molecule has 3 rings (SSSR count). The topological polar surface area (TPSA) is 27.0 Å². The summed E-state index contributed by atoms with van der Waals surface area (Å²) < 4.78 is 0. The second-order valence-corrected chi connectivity index (χ2v) is 5.85. The minimum absolute atomic E-state index is 0.605. The molecule has 1 aromatic heterocycles. The summed E-state index contributed by atoms with van der Waals surface area (Å²) in [4.78, 5) is 2.41. The molecule has 0 radical (unpaired) electrons. The lowest BCUT2D eigenvalue weighted by Gasteiger charge is -2.27. The molecule has 0 amide bonds. The van der Waals surface area contributed by atoms with Crippen LogP contribution in [0.5, 0.6) is 0 Å². The normalized spacial score (nSPS) is 14.1. The molecule has 1 fully saturated rings. The molecule has 1 saturated carbocycles. The van der Waals surface area contributed by atoms with Crippen molar-refractivity contribution >= 4 is 17.0 Å². The highest BCUT2D eigenvalue weighted by molar-refractivity contribution is 7.07. The van der Waals surface area contributed by atoms with Crippen LogP contribution in [-0.2, 0) is 6.54 Å². The van der Waals surface area contributed by atoms with E-state index in [9.17, 15) is 5.26 Å².